The van der Waals surface area contributed by atoms with Crippen LogP contribution in [0.15, 0.2) is 59.4 Å². The molecule has 0 saturated carbocycles. The summed E-state index contributed by atoms with van der Waals surface area (Å²) >= 11 is 1.000. The topological polar surface area (TPSA) is 82.6 Å². The summed E-state index contributed by atoms with van der Waals surface area (Å²) in [5.74, 6) is 0.580. The van der Waals surface area contributed by atoms with E-state index in [0.29, 0.717) is 17.0 Å². The summed E-state index contributed by atoms with van der Waals surface area (Å²) in [7, 11) is 0. The Bertz CT molecular complexity index is 839. The Morgan fingerprint density at radius 3 is 2.42 bits per heavy atom. The second-order valence-corrected chi connectivity index (χ2v) is 6.41. The molecule has 24 heavy (non-hydrogen) atoms. The molecule has 0 radical (unpaired) electrons. The summed E-state index contributed by atoms with van der Waals surface area (Å²) in [5.41, 5.74) is 1.77. The van der Waals surface area contributed by atoms with Gasteiger partial charge in [0.2, 0.25) is 5.88 Å². The maximum Gasteiger partial charge on any atom is 0.307 e. The molecule has 0 unspecified atom stereocenters. The second-order valence-electron chi connectivity index (χ2n) is 5.34. The minimum atomic E-state index is -0.681. The molecular formula is C18H17NO4S. The molecule has 0 spiro atoms. The highest BCUT2D eigenvalue weighted by atomic mass is 32.1. The summed E-state index contributed by atoms with van der Waals surface area (Å²) in [6, 6.07) is 16.7. The molecule has 1 heterocycles. The van der Waals surface area contributed by atoms with Crippen LogP contribution in [0.2, 0.25) is 0 Å². The lowest BCUT2D eigenvalue weighted by Crippen LogP contribution is -2.09. The number of aliphatic hydroxyl groups is 1. The van der Waals surface area contributed by atoms with Crippen LogP contribution in [-0.4, -0.2) is 21.8 Å². The first kappa shape index (κ1) is 16.3. The number of aromatic hydroxyl groups is 1. The molecule has 3 N–H and O–H groups in total. The van der Waals surface area contributed by atoms with Gasteiger partial charge in [-0.15, -0.1) is 0 Å². The van der Waals surface area contributed by atoms with Gasteiger partial charge in [0.15, 0.2) is 0 Å². The Morgan fingerprint density at radius 1 is 1.08 bits per heavy atom. The summed E-state index contributed by atoms with van der Waals surface area (Å²) in [6.07, 6.45) is -0.206. The molecule has 5 nitrogen and oxygen atoms in total. The van der Waals surface area contributed by atoms with Gasteiger partial charge in [-0.3, -0.25) is 9.78 Å². The van der Waals surface area contributed by atoms with E-state index in [1.54, 1.807) is 12.1 Å². The smallest absolute Gasteiger partial charge is 0.307 e. The van der Waals surface area contributed by atoms with E-state index in [2.05, 4.69) is 4.98 Å². The first-order valence-electron chi connectivity index (χ1n) is 7.47. The number of hydrogen-bond donors (Lipinski definition) is 3. The molecule has 0 aliphatic carbocycles. The first-order valence-corrected chi connectivity index (χ1v) is 8.29. The van der Waals surface area contributed by atoms with E-state index in [9.17, 15) is 15.0 Å². The zero-order chi connectivity index (χ0) is 16.9. The molecule has 3 aromatic rings. The van der Waals surface area contributed by atoms with Crippen LogP contribution in [0.3, 0.4) is 0 Å². The van der Waals surface area contributed by atoms with Crippen LogP contribution in [0, 0.1) is 0 Å². The second kappa shape index (κ2) is 7.33. The van der Waals surface area contributed by atoms with Crippen LogP contribution in [0.1, 0.15) is 22.1 Å². The molecular weight excluding hydrogens is 326 g/mol. The molecule has 0 amide bonds. The molecule has 0 fully saturated rings. The molecule has 0 saturated heterocycles. The van der Waals surface area contributed by atoms with Gasteiger partial charge in [0.25, 0.3) is 0 Å². The zero-order valence-electron chi connectivity index (χ0n) is 12.8. The van der Waals surface area contributed by atoms with Gasteiger partial charge in [0, 0.05) is 6.42 Å². The van der Waals surface area contributed by atoms with Crippen molar-refractivity contribution in [1.29, 1.82) is 0 Å². The standard InChI is InChI=1S/C18H17NO4S/c20-15(13-4-2-1-3-5-13)11-23-14-8-6-12(7-9-14)10-16-17(21)19-18(22)24-16/h1-9,15,20-21H,10-11H2,(H,19,22)/t15-/m1/s1. The molecule has 0 aliphatic rings. The first-order chi connectivity index (χ1) is 11.6. The molecule has 0 aliphatic heterocycles. The van der Waals surface area contributed by atoms with Gasteiger partial charge in [0.1, 0.15) is 18.5 Å². The fourth-order valence-electron chi connectivity index (χ4n) is 2.31. The Hall–Kier alpha value is -2.57. The van der Waals surface area contributed by atoms with E-state index in [1.165, 1.54) is 0 Å². The van der Waals surface area contributed by atoms with Crippen LogP contribution >= 0.6 is 11.3 Å². The van der Waals surface area contributed by atoms with Gasteiger partial charge in [-0.2, -0.15) is 0 Å². The van der Waals surface area contributed by atoms with Gasteiger partial charge in [0.05, 0.1) is 4.88 Å². The van der Waals surface area contributed by atoms with Crippen LogP contribution in [0.25, 0.3) is 0 Å². The van der Waals surface area contributed by atoms with E-state index in [4.69, 9.17) is 4.74 Å². The number of hydrogen-bond acceptors (Lipinski definition) is 5. The SMILES string of the molecule is O=c1[nH]c(O)c(Cc2ccc(OC[C@@H](O)c3ccccc3)cc2)s1. The predicted octanol–water partition coefficient (Wildman–Crippen LogP) is 2.85. The summed E-state index contributed by atoms with van der Waals surface area (Å²) in [6.45, 7) is 0.170. The number of aromatic amines is 1. The highest BCUT2D eigenvalue weighted by molar-refractivity contribution is 7.09. The number of nitrogens with one attached hydrogen (secondary N) is 1. The van der Waals surface area contributed by atoms with E-state index in [-0.39, 0.29) is 17.4 Å². The molecule has 3 rings (SSSR count). The third kappa shape index (κ3) is 4.04. The zero-order valence-corrected chi connectivity index (χ0v) is 13.6. The highest BCUT2D eigenvalue weighted by Crippen LogP contribution is 2.22. The van der Waals surface area contributed by atoms with Crippen molar-refractivity contribution in [3.8, 4) is 11.6 Å². The van der Waals surface area contributed by atoms with Crippen LogP contribution in [0.4, 0.5) is 0 Å². The summed E-state index contributed by atoms with van der Waals surface area (Å²) < 4.78 is 5.60. The summed E-state index contributed by atoms with van der Waals surface area (Å²) in [4.78, 5) is 13.9. The third-order valence-electron chi connectivity index (χ3n) is 3.58. The van der Waals surface area contributed by atoms with Crippen molar-refractivity contribution in [2.45, 2.75) is 12.5 Å². The van der Waals surface area contributed by atoms with E-state index >= 15 is 0 Å². The van der Waals surface area contributed by atoms with Gasteiger partial charge in [-0.05, 0) is 23.3 Å². The summed E-state index contributed by atoms with van der Waals surface area (Å²) in [5, 5.41) is 19.7. The van der Waals surface area contributed by atoms with Gasteiger partial charge >= 0.3 is 4.87 Å². The Morgan fingerprint density at radius 2 is 1.79 bits per heavy atom. The van der Waals surface area contributed by atoms with Crippen molar-refractivity contribution in [2.75, 3.05) is 6.61 Å². The van der Waals surface area contributed by atoms with Crippen molar-refractivity contribution in [3.05, 3.63) is 80.3 Å². The Kier molecular flexibility index (Phi) is 4.98. The van der Waals surface area contributed by atoms with Gasteiger partial charge < -0.3 is 14.9 Å². The lowest BCUT2D eigenvalue weighted by molar-refractivity contribution is 0.108. The molecule has 1 aromatic heterocycles. The number of aliphatic hydroxyl groups excluding tert-OH is 1. The van der Waals surface area contributed by atoms with Crippen molar-refractivity contribution in [2.24, 2.45) is 0 Å². The number of rotatable bonds is 6. The van der Waals surface area contributed by atoms with Gasteiger partial charge in [-0.25, -0.2) is 0 Å². The highest BCUT2D eigenvalue weighted by Gasteiger charge is 2.09. The number of aromatic nitrogens is 1. The molecule has 2 aromatic carbocycles. The molecule has 1 atom stereocenters. The number of thiazole rings is 1. The van der Waals surface area contributed by atoms with Crippen LogP contribution < -0.4 is 9.61 Å². The monoisotopic (exact) mass is 343 g/mol. The van der Waals surface area contributed by atoms with E-state index in [0.717, 1.165) is 22.5 Å². The van der Waals surface area contributed by atoms with E-state index in [1.807, 2.05) is 42.5 Å². The molecule has 0 bridgehead atoms. The van der Waals surface area contributed by atoms with Crippen LogP contribution in [-0.2, 0) is 6.42 Å². The average Bonchev–Trinajstić information content (AvgIpc) is 2.92. The number of H-pyrrole nitrogens is 1. The number of benzene rings is 2. The fourth-order valence-corrected chi connectivity index (χ4v) is 3.07. The lowest BCUT2D eigenvalue weighted by Gasteiger charge is -2.13. The maximum atomic E-state index is 11.2. The molecule has 6 heteroatoms. The largest absolute Gasteiger partial charge is 0.494 e. The van der Waals surface area contributed by atoms with E-state index < -0.39 is 6.10 Å². The fraction of sp³-hybridized carbons (Fsp3) is 0.167. The molecule has 124 valence electrons. The normalized spacial score (nSPS) is 12.0. The minimum Gasteiger partial charge on any atom is -0.494 e. The number of ether oxygens (including phenoxy) is 1. The van der Waals surface area contributed by atoms with Crippen LogP contribution in [0.5, 0.6) is 11.6 Å². The maximum absolute atomic E-state index is 11.2. The van der Waals surface area contributed by atoms with Crippen molar-refractivity contribution >= 4 is 11.3 Å². The van der Waals surface area contributed by atoms with Gasteiger partial charge in [-0.1, -0.05) is 53.8 Å². The van der Waals surface area contributed by atoms with Crippen molar-refractivity contribution < 1.29 is 14.9 Å². The van der Waals surface area contributed by atoms with Crippen molar-refractivity contribution in [1.82, 2.24) is 4.98 Å². The minimum absolute atomic E-state index is 0.0729. The predicted molar refractivity (Wildman–Crippen MR) is 92.7 cm³/mol. The average molecular weight is 343 g/mol. The quantitative estimate of drug-likeness (QED) is 0.643. The Labute approximate surface area is 142 Å². The third-order valence-corrected chi connectivity index (χ3v) is 4.45. The Balaban J connectivity index is 1.58. The van der Waals surface area contributed by atoms with Crippen molar-refractivity contribution in [3.63, 3.8) is 0 Å². The lowest BCUT2D eigenvalue weighted by atomic mass is 10.1.